The van der Waals surface area contributed by atoms with Gasteiger partial charge in [-0.25, -0.2) is 4.79 Å². The molecule has 0 aliphatic carbocycles. The fourth-order valence-electron chi connectivity index (χ4n) is 1.89. The second-order valence-corrected chi connectivity index (χ2v) is 4.94. The molecule has 2 rings (SSSR count). The Kier molecular flexibility index (Phi) is 3.47. The molecule has 1 aromatic carbocycles. The van der Waals surface area contributed by atoms with Crippen molar-refractivity contribution in [3.05, 3.63) is 34.3 Å². The Morgan fingerprint density at radius 3 is 2.82 bits per heavy atom. The van der Waals surface area contributed by atoms with E-state index in [1.54, 1.807) is 4.90 Å². The third-order valence-corrected chi connectivity index (χ3v) is 3.38. The molecule has 0 saturated carbocycles. The summed E-state index contributed by atoms with van der Waals surface area (Å²) in [6.45, 7) is 2.43. The summed E-state index contributed by atoms with van der Waals surface area (Å²) in [5.41, 5.74) is 1.05. The first-order valence-electron chi connectivity index (χ1n) is 5.44. The van der Waals surface area contributed by atoms with Crippen molar-refractivity contribution in [2.45, 2.75) is 19.4 Å². The quantitative estimate of drug-likeness (QED) is 0.911. The number of carbonyl (C=O) groups is 2. The molecule has 90 valence electrons. The maximum atomic E-state index is 11.7. The number of hydrogen-bond donors (Lipinski definition) is 1. The fraction of sp³-hybridized carbons (Fsp3) is 0.333. The van der Waals surface area contributed by atoms with Crippen LogP contribution in [0.3, 0.4) is 0 Å². The zero-order chi connectivity index (χ0) is 12.4. The average Bonchev–Trinajstić information content (AvgIpc) is 2.28. The van der Waals surface area contributed by atoms with E-state index in [2.05, 4.69) is 21.2 Å². The highest BCUT2D eigenvalue weighted by Crippen LogP contribution is 2.24. The lowest BCUT2D eigenvalue weighted by Crippen LogP contribution is -2.50. The third-order valence-electron chi connectivity index (χ3n) is 2.89. The van der Waals surface area contributed by atoms with Gasteiger partial charge in [0.2, 0.25) is 5.91 Å². The zero-order valence-corrected chi connectivity index (χ0v) is 11.0. The van der Waals surface area contributed by atoms with Crippen LogP contribution >= 0.6 is 15.9 Å². The van der Waals surface area contributed by atoms with Crippen molar-refractivity contribution >= 4 is 27.9 Å². The maximum absolute atomic E-state index is 11.7. The Hall–Kier alpha value is -1.36. The van der Waals surface area contributed by atoms with Crippen LogP contribution in [0.1, 0.15) is 24.9 Å². The Bertz CT molecular complexity index is 462. The third kappa shape index (κ3) is 2.66. The molecule has 1 fully saturated rings. The molecule has 0 aromatic heterocycles. The van der Waals surface area contributed by atoms with E-state index in [1.807, 2.05) is 31.2 Å². The smallest absolute Gasteiger partial charge is 0.317 e. The van der Waals surface area contributed by atoms with Gasteiger partial charge in [-0.3, -0.25) is 10.1 Å². The van der Waals surface area contributed by atoms with Gasteiger partial charge in [0, 0.05) is 17.4 Å². The Balaban J connectivity index is 2.17. The molecular weight excluding hydrogens is 284 g/mol. The predicted molar refractivity (Wildman–Crippen MR) is 67.4 cm³/mol. The topological polar surface area (TPSA) is 49.4 Å². The summed E-state index contributed by atoms with van der Waals surface area (Å²) in [4.78, 5) is 24.4. The number of nitrogens with zero attached hydrogens (tertiary/aromatic N) is 1. The minimum Gasteiger partial charge on any atom is -0.317 e. The van der Waals surface area contributed by atoms with Crippen molar-refractivity contribution in [1.29, 1.82) is 0 Å². The molecule has 0 radical (unpaired) electrons. The van der Waals surface area contributed by atoms with Crippen molar-refractivity contribution in [2.75, 3.05) is 6.54 Å². The van der Waals surface area contributed by atoms with E-state index < -0.39 is 0 Å². The maximum Gasteiger partial charge on any atom is 0.324 e. The van der Waals surface area contributed by atoms with Crippen LogP contribution in [0.4, 0.5) is 4.79 Å². The van der Waals surface area contributed by atoms with Crippen LogP contribution in [0, 0.1) is 0 Å². The molecule has 5 heteroatoms. The van der Waals surface area contributed by atoms with E-state index in [4.69, 9.17) is 0 Å². The minimum atomic E-state index is -0.311. The number of hydrogen-bond acceptors (Lipinski definition) is 2. The van der Waals surface area contributed by atoms with Crippen molar-refractivity contribution in [3.63, 3.8) is 0 Å². The largest absolute Gasteiger partial charge is 0.324 e. The monoisotopic (exact) mass is 296 g/mol. The van der Waals surface area contributed by atoms with Crippen LogP contribution in [0.25, 0.3) is 0 Å². The average molecular weight is 297 g/mol. The molecule has 1 heterocycles. The first-order chi connectivity index (χ1) is 8.08. The Morgan fingerprint density at radius 2 is 2.18 bits per heavy atom. The summed E-state index contributed by atoms with van der Waals surface area (Å²) in [5.74, 6) is -0.201. The van der Waals surface area contributed by atoms with Crippen LogP contribution in [0.15, 0.2) is 28.7 Å². The predicted octanol–water partition coefficient (Wildman–Crippen LogP) is 2.45. The lowest BCUT2D eigenvalue weighted by molar-refractivity contribution is -0.121. The zero-order valence-electron chi connectivity index (χ0n) is 9.44. The number of urea groups is 1. The van der Waals surface area contributed by atoms with Gasteiger partial charge in [-0.2, -0.15) is 0 Å². The van der Waals surface area contributed by atoms with E-state index in [9.17, 15) is 9.59 Å². The molecule has 1 atom stereocenters. The first-order valence-corrected chi connectivity index (χ1v) is 6.23. The van der Waals surface area contributed by atoms with Crippen LogP contribution in [0.5, 0.6) is 0 Å². The van der Waals surface area contributed by atoms with Gasteiger partial charge in [0.25, 0.3) is 0 Å². The highest BCUT2D eigenvalue weighted by atomic mass is 79.9. The van der Waals surface area contributed by atoms with Crippen LogP contribution < -0.4 is 5.32 Å². The highest BCUT2D eigenvalue weighted by Gasteiger charge is 2.27. The molecule has 4 nitrogen and oxygen atoms in total. The van der Waals surface area contributed by atoms with Gasteiger partial charge in [0.1, 0.15) is 0 Å². The van der Waals surface area contributed by atoms with Gasteiger partial charge in [0.15, 0.2) is 0 Å². The number of benzene rings is 1. The fourth-order valence-corrected chi connectivity index (χ4v) is 2.31. The highest BCUT2D eigenvalue weighted by molar-refractivity contribution is 9.10. The van der Waals surface area contributed by atoms with Gasteiger partial charge in [-0.15, -0.1) is 0 Å². The number of rotatable bonds is 2. The summed E-state index contributed by atoms with van der Waals surface area (Å²) in [7, 11) is 0. The van der Waals surface area contributed by atoms with E-state index >= 15 is 0 Å². The summed E-state index contributed by atoms with van der Waals surface area (Å²) in [6, 6.07) is 7.47. The summed E-state index contributed by atoms with van der Waals surface area (Å²) >= 11 is 3.41. The first kappa shape index (κ1) is 12.1. The van der Waals surface area contributed by atoms with Gasteiger partial charge in [-0.05, 0) is 24.6 Å². The Labute approximate surface area is 108 Å². The van der Waals surface area contributed by atoms with Crippen molar-refractivity contribution in [2.24, 2.45) is 0 Å². The molecular formula is C12H13BrN2O2. The van der Waals surface area contributed by atoms with Gasteiger partial charge >= 0.3 is 6.03 Å². The molecule has 1 aliphatic heterocycles. The van der Waals surface area contributed by atoms with Gasteiger partial charge in [0.05, 0.1) is 6.04 Å². The minimum absolute atomic E-state index is 0.0411. The van der Waals surface area contributed by atoms with Crippen molar-refractivity contribution in [3.8, 4) is 0 Å². The molecule has 3 amide bonds. The standard InChI is InChI=1S/C12H13BrN2O2/c1-8(9-3-2-4-10(13)7-9)15-6-5-11(16)14-12(15)17/h2-4,7-8H,5-6H2,1H3,(H,14,16,17). The number of imide groups is 1. The van der Waals surface area contributed by atoms with E-state index in [0.29, 0.717) is 13.0 Å². The van der Waals surface area contributed by atoms with Gasteiger partial charge < -0.3 is 4.90 Å². The van der Waals surface area contributed by atoms with Crippen molar-refractivity contribution < 1.29 is 9.59 Å². The molecule has 1 aliphatic rings. The normalized spacial score (nSPS) is 17.9. The second kappa shape index (κ2) is 4.87. The molecule has 1 saturated heterocycles. The summed E-state index contributed by atoms with van der Waals surface area (Å²) < 4.78 is 0.982. The summed E-state index contributed by atoms with van der Waals surface area (Å²) in [6.07, 6.45) is 0.365. The molecule has 1 unspecified atom stereocenters. The van der Waals surface area contributed by atoms with Crippen LogP contribution in [0.2, 0.25) is 0 Å². The van der Waals surface area contributed by atoms with Gasteiger partial charge in [-0.1, -0.05) is 28.1 Å². The van der Waals surface area contributed by atoms with E-state index in [0.717, 1.165) is 10.0 Å². The lowest BCUT2D eigenvalue weighted by atomic mass is 10.1. The molecule has 1 N–H and O–H groups in total. The van der Waals surface area contributed by atoms with Crippen LogP contribution in [-0.2, 0) is 4.79 Å². The Morgan fingerprint density at radius 1 is 1.41 bits per heavy atom. The molecule has 1 aromatic rings. The number of carbonyl (C=O) groups excluding carboxylic acids is 2. The molecule has 0 spiro atoms. The number of nitrogens with one attached hydrogen (secondary N) is 1. The molecule has 17 heavy (non-hydrogen) atoms. The van der Waals surface area contributed by atoms with E-state index in [1.165, 1.54) is 0 Å². The van der Waals surface area contributed by atoms with Crippen molar-refractivity contribution in [1.82, 2.24) is 10.2 Å². The second-order valence-electron chi connectivity index (χ2n) is 4.03. The summed E-state index contributed by atoms with van der Waals surface area (Å²) in [5, 5.41) is 2.33. The molecule has 0 bridgehead atoms. The lowest BCUT2D eigenvalue weighted by Gasteiger charge is -2.32. The SMILES string of the molecule is CC(c1cccc(Br)c1)N1CCC(=O)NC1=O. The van der Waals surface area contributed by atoms with E-state index in [-0.39, 0.29) is 18.0 Å². The number of halogens is 1. The van der Waals surface area contributed by atoms with Crippen LogP contribution in [-0.4, -0.2) is 23.4 Å². The number of amides is 3.